The Morgan fingerprint density at radius 2 is 1.46 bits per heavy atom. The lowest BCUT2D eigenvalue weighted by atomic mass is 10.0. The first-order valence-electron chi connectivity index (χ1n) is 6.74. The van der Waals surface area contributed by atoms with E-state index in [4.69, 9.17) is 16.7 Å². The topological polar surface area (TPSA) is 88.5 Å². The number of carboxylic acids is 1. The maximum atomic E-state index is 11.7. The van der Waals surface area contributed by atoms with Gasteiger partial charge in [0.1, 0.15) is 0 Å². The summed E-state index contributed by atoms with van der Waals surface area (Å²) in [5, 5.41) is 8.17. The van der Waals surface area contributed by atoms with E-state index >= 15 is 0 Å². The van der Waals surface area contributed by atoms with E-state index in [9.17, 15) is 18.0 Å². The normalized spacial score (nSPS) is 12.0. The van der Waals surface area contributed by atoms with Crippen molar-refractivity contribution in [2.45, 2.75) is 4.90 Å². The molecule has 0 spiro atoms. The first-order chi connectivity index (χ1) is 11.2. The quantitative estimate of drug-likeness (QED) is 0.500. The summed E-state index contributed by atoms with van der Waals surface area (Å²) in [5.74, 6) is -1.05. The molecule has 0 aliphatic carbocycles. The van der Waals surface area contributed by atoms with Crippen molar-refractivity contribution in [1.29, 1.82) is 0 Å². The molecule has 0 bridgehead atoms. The fourth-order valence-corrected chi connectivity index (χ4v) is 2.82. The molecule has 24 heavy (non-hydrogen) atoms. The van der Waals surface area contributed by atoms with Crippen molar-refractivity contribution in [2.75, 3.05) is 6.26 Å². The highest BCUT2D eigenvalue weighted by Gasteiger charge is 2.12. The van der Waals surface area contributed by atoms with Crippen LogP contribution >= 0.6 is 11.6 Å². The van der Waals surface area contributed by atoms with Crippen LogP contribution in [0.2, 0.25) is 0 Å². The molecule has 0 saturated heterocycles. The van der Waals surface area contributed by atoms with Crippen LogP contribution in [0.25, 0.3) is 11.6 Å². The first kappa shape index (κ1) is 17.9. The summed E-state index contributed by atoms with van der Waals surface area (Å²) in [6.45, 7) is 0. The zero-order valence-corrected chi connectivity index (χ0v) is 14.1. The Kier molecular flexibility index (Phi) is 5.21. The molecule has 2 aromatic rings. The lowest BCUT2D eigenvalue weighted by Crippen LogP contribution is -1.99. The third kappa shape index (κ3) is 4.31. The van der Waals surface area contributed by atoms with Crippen LogP contribution in [0.3, 0.4) is 0 Å². The van der Waals surface area contributed by atoms with Gasteiger partial charge in [0.15, 0.2) is 9.84 Å². The molecule has 0 atom stereocenters. The standard InChI is InChI=1S/C17H13ClO5S/c1-24(22,23)14-8-6-12(7-9-14)15(16(18)19)10-11-2-4-13(5-3-11)17(20)21/h2-10H,1H3,(H,20,21). The summed E-state index contributed by atoms with van der Waals surface area (Å²) in [6, 6.07) is 11.7. The number of carboxylic acid groups (broad SMARTS) is 1. The van der Waals surface area contributed by atoms with Crippen LogP contribution in [0.4, 0.5) is 0 Å². The first-order valence-corrected chi connectivity index (χ1v) is 9.01. The van der Waals surface area contributed by atoms with E-state index in [0.29, 0.717) is 11.1 Å². The van der Waals surface area contributed by atoms with Crippen molar-refractivity contribution in [2.24, 2.45) is 0 Å². The van der Waals surface area contributed by atoms with Crippen molar-refractivity contribution < 1.29 is 23.1 Å². The van der Waals surface area contributed by atoms with E-state index in [1.165, 1.54) is 42.5 Å². The van der Waals surface area contributed by atoms with E-state index < -0.39 is 21.0 Å². The number of hydrogen-bond acceptors (Lipinski definition) is 4. The minimum Gasteiger partial charge on any atom is -0.478 e. The molecular formula is C17H13ClO5S. The van der Waals surface area contributed by atoms with Crippen LogP contribution in [0.5, 0.6) is 0 Å². The molecule has 0 saturated carbocycles. The molecule has 1 N–H and O–H groups in total. The number of allylic oxidation sites excluding steroid dienone is 1. The molecular weight excluding hydrogens is 352 g/mol. The average molecular weight is 365 g/mol. The smallest absolute Gasteiger partial charge is 0.335 e. The molecule has 2 rings (SSSR count). The summed E-state index contributed by atoms with van der Waals surface area (Å²) in [7, 11) is -3.33. The number of aromatic carboxylic acids is 1. The molecule has 0 aromatic heterocycles. The van der Waals surface area contributed by atoms with Crippen LogP contribution in [0.1, 0.15) is 21.5 Å². The van der Waals surface area contributed by atoms with Gasteiger partial charge < -0.3 is 5.11 Å². The SMILES string of the molecule is CS(=O)(=O)c1ccc(C(=Cc2ccc(C(=O)O)cc2)C(=O)Cl)cc1. The number of carbonyl (C=O) groups is 2. The van der Waals surface area contributed by atoms with Crippen molar-refractivity contribution in [3.8, 4) is 0 Å². The summed E-state index contributed by atoms with van der Waals surface area (Å²) >= 11 is 5.62. The number of rotatable bonds is 5. The fourth-order valence-electron chi connectivity index (χ4n) is 2.02. The Morgan fingerprint density at radius 3 is 1.88 bits per heavy atom. The molecule has 0 aliphatic rings. The van der Waals surface area contributed by atoms with Crippen molar-refractivity contribution in [3.63, 3.8) is 0 Å². The Morgan fingerprint density at radius 1 is 0.958 bits per heavy atom. The molecule has 0 radical (unpaired) electrons. The average Bonchev–Trinajstić information content (AvgIpc) is 2.52. The van der Waals surface area contributed by atoms with Gasteiger partial charge in [-0.25, -0.2) is 13.2 Å². The summed E-state index contributed by atoms with van der Waals surface area (Å²) < 4.78 is 22.9. The Hall–Kier alpha value is -2.44. The second-order valence-electron chi connectivity index (χ2n) is 5.06. The van der Waals surface area contributed by atoms with Gasteiger partial charge in [0.05, 0.1) is 10.5 Å². The largest absolute Gasteiger partial charge is 0.478 e. The van der Waals surface area contributed by atoms with Gasteiger partial charge in [-0.05, 0) is 53.1 Å². The van der Waals surface area contributed by atoms with Crippen LogP contribution in [0.15, 0.2) is 53.4 Å². The van der Waals surface area contributed by atoms with Gasteiger partial charge in [0, 0.05) is 11.8 Å². The minimum absolute atomic E-state index is 0.128. The third-order valence-electron chi connectivity index (χ3n) is 3.27. The third-order valence-corrected chi connectivity index (χ3v) is 4.61. The molecule has 0 fully saturated rings. The molecule has 2 aromatic carbocycles. The summed E-state index contributed by atoms with van der Waals surface area (Å²) in [6.07, 6.45) is 2.60. The van der Waals surface area contributed by atoms with Gasteiger partial charge in [0.2, 0.25) is 0 Å². The van der Waals surface area contributed by atoms with Gasteiger partial charge in [-0.3, -0.25) is 4.79 Å². The lowest BCUT2D eigenvalue weighted by molar-refractivity contribution is -0.106. The van der Waals surface area contributed by atoms with Gasteiger partial charge in [-0.2, -0.15) is 0 Å². The van der Waals surface area contributed by atoms with Crippen molar-refractivity contribution in [3.05, 3.63) is 65.2 Å². The fraction of sp³-hybridized carbons (Fsp3) is 0.0588. The number of halogens is 1. The monoisotopic (exact) mass is 364 g/mol. The van der Waals surface area contributed by atoms with E-state index in [2.05, 4.69) is 0 Å². The Bertz CT molecular complexity index is 910. The van der Waals surface area contributed by atoms with Crippen molar-refractivity contribution in [1.82, 2.24) is 0 Å². The van der Waals surface area contributed by atoms with Gasteiger partial charge in [0.25, 0.3) is 5.24 Å². The molecule has 0 heterocycles. The number of sulfone groups is 1. The number of benzene rings is 2. The second kappa shape index (κ2) is 6.98. The molecule has 0 unspecified atom stereocenters. The zero-order chi connectivity index (χ0) is 17.9. The van der Waals surface area contributed by atoms with Crippen LogP contribution < -0.4 is 0 Å². The van der Waals surface area contributed by atoms with E-state index in [0.717, 1.165) is 6.26 Å². The summed E-state index contributed by atoms with van der Waals surface area (Å²) in [5.41, 5.74) is 1.36. The van der Waals surface area contributed by atoms with Gasteiger partial charge in [-0.1, -0.05) is 24.3 Å². The van der Waals surface area contributed by atoms with Crippen LogP contribution in [-0.4, -0.2) is 31.0 Å². The van der Waals surface area contributed by atoms with E-state index in [-0.39, 0.29) is 16.0 Å². The van der Waals surface area contributed by atoms with Gasteiger partial charge in [-0.15, -0.1) is 0 Å². The summed E-state index contributed by atoms with van der Waals surface area (Å²) in [4.78, 5) is 22.7. The Labute approximate surface area is 144 Å². The number of hydrogen-bond donors (Lipinski definition) is 1. The molecule has 0 aliphatic heterocycles. The molecule has 124 valence electrons. The van der Waals surface area contributed by atoms with Gasteiger partial charge >= 0.3 is 5.97 Å². The minimum atomic E-state index is -3.33. The van der Waals surface area contributed by atoms with Crippen LogP contribution in [0, 0.1) is 0 Å². The van der Waals surface area contributed by atoms with Crippen molar-refractivity contribution >= 4 is 44.3 Å². The molecule has 5 nitrogen and oxygen atoms in total. The van der Waals surface area contributed by atoms with E-state index in [1.807, 2.05) is 0 Å². The highest BCUT2D eigenvalue weighted by molar-refractivity contribution is 7.90. The highest BCUT2D eigenvalue weighted by Crippen LogP contribution is 2.23. The van der Waals surface area contributed by atoms with E-state index in [1.54, 1.807) is 12.1 Å². The number of carbonyl (C=O) groups excluding carboxylic acids is 1. The second-order valence-corrected chi connectivity index (χ2v) is 7.41. The highest BCUT2D eigenvalue weighted by atomic mass is 35.5. The Balaban J connectivity index is 2.42. The predicted molar refractivity (Wildman–Crippen MR) is 91.7 cm³/mol. The maximum Gasteiger partial charge on any atom is 0.335 e. The molecule has 7 heteroatoms. The molecule has 0 amide bonds. The lowest BCUT2D eigenvalue weighted by Gasteiger charge is -2.05. The predicted octanol–water partition coefficient (Wildman–Crippen LogP) is 3.09. The maximum absolute atomic E-state index is 11.7. The zero-order valence-electron chi connectivity index (χ0n) is 12.6. The van der Waals surface area contributed by atoms with Crippen LogP contribution in [-0.2, 0) is 14.6 Å².